The molecule has 0 aliphatic heterocycles. The van der Waals surface area contributed by atoms with E-state index in [1.54, 1.807) is 0 Å². The van der Waals surface area contributed by atoms with E-state index in [4.69, 9.17) is 10.6 Å². The zero-order chi connectivity index (χ0) is 15.9. The van der Waals surface area contributed by atoms with E-state index in [0.717, 1.165) is 5.56 Å². The molecule has 116 valence electrons. The number of benzene rings is 1. The van der Waals surface area contributed by atoms with Gasteiger partial charge >= 0.3 is 5.97 Å². The van der Waals surface area contributed by atoms with Crippen molar-refractivity contribution in [1.82, 2.24) is 5.43 Å². The van der Waals surface area contributed by atoms with Gasteiger partial charge in [-0.15, -0.1) is 11.8 Å². The molecule has 0 heterocycles. The fourth-order valence-electron chi connectivity index (χ4n) is 1.74. The van der Waals surface area contributed by atoms with Crippen molar-refractivity contribution in [3.05, 3.63) is 35.9 Å². The molecule has 21 heavy (non-hydrogen) atoms. The van der Waals surface area contributed by atoms with E-state index in [1.165, 1.54) is 11.8 Å². The number of hydrogen-bond donors (Lipinski definition) is 2. The van der Waals surface area contributed by atoms with Crippen LogP contribution >= 0.6 is 11.8 Å². The Hall–Kier alpha value is -1.53. The molecule has 5 nitrogen and oxygen atoms in total. The molecular weight excluding hydrogens is 288 g/mol. The summed E-state index contributed by atoms with van der Waals surface area (Å²) in [5.41, 5.74) is 2.55. The summed E-state index contributed by atoms with van der Waals surface area (Å²) in [6, 6.07) is 9.35. The van der Waals surface area contributed by atoms with Crippen molar-refractivity contribution in [2.24, 2.45) is 5.84 Å². The van der Waals surface area contributed by atoms with Crippen molar-refractivity contribution in [1.29, 1.82) is 0 Å². The number of carbonyl (C=O) groups is 2. The summed E-state index contributed by atoms with van der Waals surface area (Å²) in [5, 5.41) is 0. The second-order valence-electron chi connectivity index (χ2n) is 5.57. The number of carbonyl (C=O) groups excluding carboxylic acids is 2. The molecule has 1 aromatic carbocycles. The maximum absolute atomic E-state index is 11.9. The maximum Gasteiger partial charge on any atom is 0.316 e. The van der Waals surface area contributed by atoms with E-state index in [0.29, 0.717) is 5.75 Å². The molecule has 0 aliphatic rings. The number of rotatable bonds is 6. The first-order valence-corrected chi connectivity index (χ1v) is 7.84. The highest BCUT2D eigenvalue weighted by molar-refractivity contribution is 8.00. The average molecular weight is 310 g/mol. The Labute approximate surface area is 129 Å². The first kappa shape index (κ1) is 17.5. The topological polar surface area (TPSA) is 81.4 Å². The van der Waals surface area contributed by atoms with Crippen molar-refractivity contribution < 1.29 is 14.3 Å². The third kappa shape index (κ3) is 6.64. The molecule has 0 aliphatic carbocycles. The minimum Gasteiger partial charge on any atom is -0.459 e. The van der Waals surface area contributed by atoms with Gasteiger partial charge in [0.1, 0.15) is 5.60 Å². The minimum atomic E-state index is -0.495. The molecule has 0 bridgehead atoms. The van der Waals surface area contributed by atoms with Crippen LogP contribution < -0.4 is 11.3 Å². The molecule has 1 amide bonds. The lowest BCUT2D eigenvalue weighted by molar-refractivity contribution is -0.151. The largest absolute Gasteiger partial charge is 0.459 e. The van der Waals surface area contributed by atoms with Gasteiger partial charge in [-0.25, -0.2) is 5.84 Å². The van der Waals surface area contributed by atoms with Crippen LogP contribution in [0.4, 0.5) is 0 Å². The Morgan fingerprint density at radius 2 is 1.90 bits per heavy atom. The zero-order valence-corrected chi connectivity index (χ0v) is 13.4. The van der Waals surface area contributed by atoms with E-state index in [1.807, 2.05) is 51.1 Å². The Balaban J connectivity index is 2.56. The standard InChI is InChI=1S/C15H22N2O3S/c1-15(2,3)20-13(18)10-21-9-12(14(19)17-16)11-7-5-4-6-8-11/h4-8,12H,9-10,16H2,1-3H3,(H,17,19). The number of nitrogens with one attached hydrogen (secondary N) is 1. The molecule has 0 aromatic heterocycles. The summed E-state index contributed by atoms with van der Waals surface area (Å²) < 4.78 is 5.23. The first-order chi connectivity index (χ1) is 9.83. The molecule has 0 radical (unpaired) electrons. The highest BCUT2D eigenvalue weighted by atomic mass is 32.2. The molecule has 6 heteroatoms. The SMILES string of the molecule is CC(C)(C)OC(=O)CSCC(C(=O)NN)c1ccccc1. The second kappa shape index (κ2) is 8.05. The monoisotopic (exact) mass is 310 g/mol. The van der Waals surface area contributed by atoms with Gasteiger partial charge in [0.05, 0.1) is 11.7 Å². The lowest BCUT2D eigenvalue weighted by Gasteiger charge is -2.20. The number of thioether (sulfide) groups is 1. The number of esters is 1. The quantitative estimate of drug-likeness (QED) is 0.363. The van der Waals surface area contributed by atoms with E-state index in [2.05, 4.69) is 5.43 Å². The average Bonchev–Trinajstić information content (AvgIpc) is 2.42. The second-order valence-corrected chi connectivity index (χ2v) is 6.60. The van der Waals surface area contributed by atoms with E-state index in [-0.39, 0.29) is 23.5 Å². The smallest absolute Gasteiger partial charge is 0.316 e. The molecule has 1 aromatic rings. The predicted molar refractivity (Wildman–Crippen MR) is 84.7 cm³/mol. The van der Waals surface area contributed by atoms with Gasteiger partial charge < -0.3 is 4.74 Å². The normalized spacial score (nSPS) is 12.6. The molecule has 0 saturated heterocycles. The van der Waals surface area contributed by atoms with E-state index < -0.39 is 5.60 Å². The fourth-order valence-corrected chi connectivity index (χ4v) is 2.66. The zero-order valence-electron chi connectivity index (χ0n) is 12.6. The van der Waals surface area contributed by atoms with Crippen LogP contribution in [0.2, 0.25) is 0 Å². The first-order valence-electron chi connectivity index (χ1n) is 6.68. The van der Waals surface area contributed by atoms with Gasteiger partial charge in [-0.2, -0.15) is 0 Å². The van der Waals surface area contributed by atoms with Gasteiger partial charge in [-0.05, 0) is 26.3 Å². The summed E-state index contributed by atoms with van der Waals surface area (Å²) in [4.78, 5) is 23.5. The number of hydrazine groups is 1. The summed E-state index contributed by atoms with van der Waals surface area (Å²) in [5.74, 6) is 4.96. The van der Waals surface area contributed by atoms with Gasteiger partial charge in [0.15, 0.2) is 0 Å². The van der Waals surface area contributed by atoms with Crippen LogP contribution in [-0.2, 0) is 14.3 Å². The highest BCUT2D eigenvalue weighted by Gasteiger charge is 2.21. The Morgan fingerprint density at radius 3 is 2.43 bits per heavy atom. The molecular formula is C15H22N2O3S. The van der Waals surface area contributed by atoms with Crippen molar-refractivity contribution >= 4 is 23.6 Å². The van der Waals surface area contributed by atoms with Crippen molar-refractivity contribution in [2.75, 3.05) is 11.5 Å². The third-order valence-corrected chi connectivity index (χ3v) is 3.59. The van der Waals surface area contributed by atoms with Crippen LogP contribution in [0.5, 0.6) is 0 Å². The Bertz CT molecular complexity index is 472. The van der Waals surface area contributed by atoms with Crippen LogP contribution in [0.1, 0.15) is 32.3 Å². The van der Waals surface area contributed by atoms with Crippen LogP contribution in [0.15, 0.2) is 30.3 Å². The predicted octanol–water partition coefficient (Wildman–Crippen LogP) is 1.83. The Kier molecular flexibility index (Phi) is 6.71. The third-order valence-electron chi connectivity index (χ3n) is 2.59. The molecule has 0 spiro atoms. The van der Waals surface area contributed by atoms with Gasteiger partial charge in [-0.3, -0.25) is 15.0 Å². The van der Waals surface area contributed by atoms with Gasteiger partial charge in [-0.1, -0.05) is 30.3 Å². The Morgan fingerprint density at radius 1 is 1.29 bits per heavy atom. The maximum atomic E-state index is 11.9. The lowest BCUT2D eigenvalue weighted by Crippen LogP contribution is -2.36. The van der Waals surface area contributed by atoms with Gasteiger partial charge in [0, 0.05) is 5.75 Å². The molecule has 0 fully saturated rings. The molecule has 0 saturated carbocycles. The number of hydrogen-bond acceptors (Lipinski definition) is 5. The summed E-state index contributed by atoms with van der Waals surface area (Å²) >= 11 is 1.36. The lowest BCUT2D eigenvalue weighted by atomic mass is 10.0. The van der Waals surface area contributed by atoms with Gasteiger partial charge in [0.2, 0.25) is 5.91 Å². The number of ether oxygens (including phenoxy) is 1. The minimum absolute atomic E-state index is 0.207. The molecule has 1 atom stereocenters. The summed E-state index contributed by atoms with van der Waals surface area (Å²) in [6.45, 7) is 5.47. The molecule has 1 unspecified atom stereocenters. The molecule has 1 rings (SSSR count). The van der Waals surface area contributed by atoms with Crippen molar-refractivity contribution in [3.8, 4) is 0 Å². The fraction of sp³-hybridized carbons (Fsp3) is 0.467. The van der Waals surface area contributed by atoms with Crippen LogP contribution in [-0.4, -0.2) is 29.0 Å². The van der Waals surface area contributed by atoms with Gasteiger partial charge in [0.25, 0.3) is 0 Å². The van der Waals surface area contributed by atoms with Crippen molar-refractivity contribution in [3.63, 3.8) is 0 Å². The van der Waals surface area contributed by atoms with Crippen LogP contribution in [0, 0.1) is 0 Å². The van der Waals surface area contributed by atoms with E-state index >= 15 is 0 Å². The number of nitrogens with two attached hydrogens (primary N) is 1. The van der Waals surface area contributed by atoms with Crippen molar-refractivity contribution in [2.45, 2.75) is 32.3 Å². The summed E-state index contributed by atoms with van der Waals surface area (Å²) in [6.07, 6.45) is 0. The molecule has 3 N–H and O–H groups in total. The van der Waals surface area contributed by atoms with Crippen LogP contribution in [0.25, 0.3) is 0 Å². The number of amides is 1. The van der Waals surface area contributed by atoms with Crippen LogP contribution in [0.3, 0.4) is 0 Å². The highest BCUT2D eigenvalue weighted by Crippen LogP contribution is 2.21. The van der Waals surface area contributed by atoms with E-state index in [9.17, 15) is 9.59 Å². The summed E-state index contributed by atoms with van der Waals surface area (Å²) in [7, 11) is 0.